The van der Waals surface area contributed by atoms with Crippen molar-refractivity contribution in [1.29, 1.82) is 0 Å². The molecule has 3 heterocycles. The zero-order valence-corrected chi connectivity index (χ0v) is 13.4. The van der Waals surface area contributed by atoms with Gasteiger partial charge in [0.15, 0.2) is 0 Å². The lowest BCUT2D eigenvalue weighted by atomic mass is 9.85. The predicted molar refractivity (Wildman–Crippen MR) is 88.0 cm³/mol. The van der Waals surface area contributed by atoms with Gasteiger partial charge in [-0.2, -0.15) is 11.8 Å². The van der Waals surface area contributed by atoms with Crippen LogP contribution < -0.4 is 0 Å². The molecule has 1 aromatic carbocycles. The van der Waals surface area contributed by atoms with E-state index in [4.69, 9.17) is 9.72 Å². The third-order valence-corrected chi connectivity index (χ3v) is 5.99. The summed E-state index contributed by atoms with van der Waals surface area (Å²) in [5, 5.41) is 0. The van der Waals surface area contributed by atoms with Crippen LogP contribution in [0.4, 0.5) is 0 Å². The maximum absolute atomic E-state index is 6.24. The molecule has 0 aliphatic carbocycles. The van der Waals surface area contributed by atoms with Gasteiger partial charge in [0.1, 0.15) is 5.82 Å². The third-order valence-electron chi connectivity index (χ3n) is 5.01. The van der Waals surface area contributed by atoms with E-state index < -0.39 is 0 Å². The van der Waals surface area contributed by atoms with Crippen LogP contribution in [0.5, 0.6) is 0 Å². The van der Waals surface area contributed by atoms with Gasteiger partial charge in [-0.3, -0.25) is 0 Å². The topological polar surface area (TPSA) is 27.1 Å². The van der Waals surface area contributed by atoms with E-state index in [1.807, 2.05) is 0 Å². The maximum Gasteiger partial charge on any atom is 0.106 e. The Kier molecular flexibility index (Phi) is 3.46. The molecule has 4 heteroatoms. The summed E-state index contributed by atoms with van der Waals surface area (Å²) >= 11 is 2.07. The molecule has 3 nitrogen and oxygen atoms in total. The van der Waals surface area contributed by atoms with Crippen LogP contribution in [-0.2, 0) is 4.74 Å². The molecular weight excluding hydrogens is 280 g/mol. The van der Waals surface area contributed by atoms with Gasteiger partial charge in [0.25, 0.3) is 0 Å². The maximum atomic E-state index is 6.24. The van der Waals surface area contributed by atoms with Crippen LogP contribution in [0, 0.1) is 6.92 Å². The van der Waals surface area contributed by atoms with Gasteiger partial charge in [-0.1, -0.05) is 12.1 Å². The van der Waals surface area contributed by atoms with Crippen LogP contribution in [-0.4, -0.2) is 33.3 Å². The normalized spacial score (nSPS) is 25.5. The highest BCUT2D eigenvalue weighted by Gasteiger charge is 2.39. The molecule has 0 amide bonds. The van der Waals surface area contributed by atoms with Crippen molar-refractivity contribution in [3.05, 3.63) is 30.1 Å². The summed E-state index contributed by atoms with van der Waals surface area (Å²) in [5.74, 6) is 3.63. The van der Waals surface area contributed by atoms with E-state index in [2.05, 4.69) is 47.5 Å². The first kappa shape index (κ1) is 13.6. The van der Waals surface area contributed by atoms with E-state index in [0.717, 1.165) is 30.8 Å². The van der Waals surface area contributed by atoms with E-state index in [-0.39, 0.29) is 5.60 Å². The minimum absolute atomic E-state index is 0.131. The summed E-state index contributed by atoms with van der Waals surface area (Å²) in [4.78, 5) is 4.74. The number of ether oxygens (including phenoxy) is 1. The lowest BCUT2D eigenvalue weighted by Crippen LogP contribution is -2.43. The predicted octanol–water partition coefficient (Wildman–Crippen LogP) is 3.96. The number of hydrogen-bond acceptors (Lipinski definition) is 3. The Morgan fingerprint density at radius 3 is 2.95 bits per heavy atom. The minimum atomic E-state index is 0.131. The number of benzene rings is 1. The number of hydrogen-bond donors (Lipinski definition) is 0. The van der Waals surface area contributed by atoms with Gasteiger partial charge in [-0.15, -0.1) is 0 Å². The molecule has 2 aromatic rings. The lowest BCUT2D eigenvalue weighted by molar-refractivity contribution is -0.0985. The third kappa shape index (κ3) is 2.38. The van der Waals surface area contributed by atoms with Crippen molar-refractivity contribution in [3.8, 4) is 0 Å². The van der Waals surface area contributed by atoms with Crippen molar-refractivity contribution in [3.63, 3.8) is 0 Å². The van der Waals surface area contributed by atoms with Gasteiger partial charge < -0.3 is 9.30 Å². The Morgan fingerprint density at radius 1 is 1.29 bits per heavy atom. The molecule has 0 saturated carbocycles. The van der Waals surface area contributed by atoms with E-state index in [9.17, 15) is 0 Å². The zero-order chi connectivity index (χ0) is 14.3. The van der Waals surface area contributed by atoms with Crippen LogP contribution >= 0.6 is 11.8 Å². The average Bonchev–Trinajstić information content (AvgIpc) is 2.84. The summed E-state index contributed by atoms with van der Waals surface area (Å²) in [5.41, 5.74) is 2.53. The van der Waals surface area contributed by atoms with Crippen LogP contribution in [0.25, 0.3) is 11.0 Å². The highest BCUT2D eigenvalue weighted by atomic mass is 32.2. The van der Waals surface area contributed by atoms with Crippen molar-refractivity contribution in [2.45, 2.75) is 44.2 Å². The number of fused-ring (bicyclic) bond motifs is 1. The number of para-hydroxylation sites is 2. The number of imidazole rings is 1. The average molecular weight is 302 g/mol. The van der Waals surface area contributed by atoms with Crippen molar-refractivity contribution in [1.82, 2.24) is 9.55 Å². The zero-order valence-electron chi connectivity index (χ0n) is 12.5. The number of thioether (sulfide) groups is 1. The van der Waals surface area contributed by atoms with Crippen LogP contribution in [0.2, 0.25) is 0 Å². The summed E-state index contributed by atoms with van der Waals surface area (Å²) in [6.45, 7) is 3.03. The number of aryl methyl sites for hydroxylation is 1. The fraction of sp³-hybridized carbons (Fsp3) is 0.588. The SMILES string of the molecule is Cc1nc2ccccc2n1C1CCOC2(CCSCC2)C1. The van der Waals surface area contributed by atoms with E-state index in [1.54, 1.807) is 0 Å². The fourth-order valence-electron chi connectivity index (χ4n) is 3.94. The van der Waals surface area contributed by atoms with Crippen LogP contribution in [0.15, 0.2) is 24.3 Å². The Balaban J connectivity index is 1.69. The molecule has 2 aliphatic rings. The van der Waals surface area contributed by atoms with Crippen molar-refractivity contribution in [2.24, 2.45) is 0 Å². The highest BCUT2D eigenvalue weighted by Crippen LogP contribution is 2.42. The largest absolute Gasteiger partial charge is 0.375 e. The summed E-state index contributed by atoms with van der Waals surface area (Å²) in [7, 11) is 0. The molecule has 1 atom stereocenters. The monoisotopic (exact) mass is 302 g/mol. The van der Waals surface area contributed by atoms with E-state index in [0.29, 0.717) is 6.04 Å². The molecular formula is C17H22N2OS. The summed E-state index contributed by atoms with van der Waals surface area (Å²) in [6.07, 6.45) is 4.67. The minimum Gasteiger partial charge on any atom is -0.375 e. The van der Waals surface area contributed by atoms with Gasteiger partial charge in [-0.05, 0) is 56.2 Å². The molecule has 0 bridgehead atoms. The van der Waals surface area contributed by atoms with Gasteiger partial charge in [0, 0.05) is 12.6 Å². The second-order valence-electron chi connectivity index (χ2n) is 6.31. The van der Waals surface area contributed by atoms with E-state index in [1.165, 1.54) is 29.9 Å². The molecule has 0 N–H and O–H groups in total. The molecule has 112 valence electrons. The molecule has 2 aliphatic heterocycles. The highest BCUT2D eigenvalue weighted by molar-refractivity contribution is 7.99. The van der Waals surface area contributed by atoms with Gasteiger partial charge >= 0.3 is 0 Å². The number of nitrogens with zero attached hydrogens (tertiary/aromatic N) is 2. The molecule has 2 saturated heterocycles. The van der Waals surface area contributed by atoms with Crippen molar-refractivity contribution >= 4 is 22.8 Å². The second kappa shape index (κ2) is 5.33. The molecule has 21 heavy (non-hydrogen) atoms. The second-order valence-corrected chi connectivity index (χ2v) is 7.53. The summed E-state index contributed by atoms with van der Waals surface area (Å²) in [6, 6.07) is 9.04. The van der Waals surface area contributed by atoms with Crippen LogP contribution in [0.1, 0.15) is 37.5 Å². The first-order chi connectivity index (χ1) is 10.3. The van der Waals surface area contributed by atoms with Crippen molar-refractivity contribution in [2.75, 3.05) is 18.1 Å². The molecule has 0 radical (unpaired) electrons. The lowest BCUT2D eigenvalue weighted by Gasteiger charge is -2.44. The Hall–Kier alpha value is -1.00. The Morgan fingerprint density at radius 2 is 2.10 bits per heavy atom. The quantitative estimate of drug-likeness (QED) is 0.798. The number of rotatable bonds is 1. The van der Waals surface area contributed by atoms with Gasteiger partial charge in [0.2, 0.25) is 0 Å². The first-order valence-corrected chi connectivity index (χ1v) is 9.08. The molecule has 1 aromatic heterocycles. The molecule has 2 fully saturated rings. The van der Waals surface area contributed by atoms with Crippen LogP contribution in [0.3, 0.4) is 0 Å². The first-order valence-electron chi connectivity index (χ1n) is 7.93. The van der Waals surface area contributed by atoms with Gasteiger partial charge in [-0.25, -0.2) is 4.98 Å². The van der Waals surface area contributed by atoms with Crippen molar-refractivity contribution < 1.29 is 4.74 Å². The Labute approximate surface area is 130 Å². The van der Waals surface area contributed by atoms with Gasteiger partial charge in [0.05, 0.1) is 16.6 Å². The number of aromatic nitrogens is 2. The Bertz CT molecular complexity index is 640. The standard InChI is InChI=1S/C17H22N2OS/c1-13-18-15-4-2-3-5-16(15)19(13)14-6-9-20-17(12-14)7-10-21-11-8-17/h2-5,14H,6-12H2,1H3. The molecule has 1 spiro atoms. The fourth-order valence-corrected chi connectivity index (χ4v) is 5.18. The molecule has 1 unspecified atom stereocenters. The summed E-state index contributed by atoms with van der Waals surface area (Å²) < 4.78 is 8.70. The van der Waals surface area contributed by atoms with E-state index >= 15 is 0 Å². The smallest absolute Gasteiger partial charge is 0.106 e. The molecule has 4 rings (SSSR count).